The van der Waals surface area contributed by atoms with Gasteiger partial charge in [0.15, 0.2) is 0 Å². The Morgan fingerprint density at radius 2 is 1.87 bits per heavy atom. The standard InChI is InChI=1S/C25H19N5O/c1-4-22-20-13-16(10-11-18(20)25(31)29-28-22)21-14-27-30(3)24(21)19-12-9-15-7-5-6-8-17(15)23(19)26-2/h5-14H,4H2,1,3H3,(H,29,31). The highest BCUT2D eigenvalue weighted by Gasteiger charge is 2.19. The molecule has 0 fully saturated rings. The summed E-state index contributed by atoms with van der Waals surface area (Å²) in [5.41, 5.74) is 4.80. The van der Waals surface area contributed by atoms with Crippen LogP contribution in [0.25, 0.3) is 48.8 Å². The van der Waals surface area contributed by atoms with Crippen molar-refractivity contribution in [2.45, 2.75) is 13.3 Å². The van der Waals surface area contributed by atoms with Crippen LogP contribution in [0.5, 0.6) is 0 Å². The average molecular weight is 405 g/mol. The number of aromatic amines is 1. The molecule has 0 saturated carbocycles. The minimum absolute atomic E-state index is 0.199. The van der Waals surface area contributed by atoms with Crippen LogP contribution in [0.4, 0.5) is 5.69 Å². The van der Waals surface area contributed by atoms with E-state index in [2.05, 4.69) is 20.1 Å². The Balaban J connectivity index is 1.79. The second kappa shape index (κ2) is 7.22. The lowest BCUT2D eigenvalue weighted by Gasteiger charge is -2.12. The van der Waals surface area contributed by atoms with Gasteiger partial charge in [-0.1, -0.05) is 49.4 Å². The number of rotatable bonds is 3. The van der Waals surface area contributed by atoms with Crippen molar-refractivity contribution < 1.29 is 0 Å². The highest BCUT2D eigenvalue weighted by atomic mass is 16.1. The van der Waals surface area contributed by atoms with Crippen molar-refractivity contribution in [3.63, 3.8) is 0 Å². The fourth-order valence-corrected chi connectivity index (χ4v) is 4.19. The maximum atomic E-state index is 12.2. The summed E-state index contributed by atoms with van der Waals surface area (Å²) in [6.45, 7) is 9.86. The Bertz CT molecular complexity index is 1570. The predicted molar refractivity (Wildman–Crippen MR) is 123 cm³/mol. The molecular weight excluding hydrogens is 386 g/mol. The number of hydrogen-bond acceptors (Lipinski definition) is 3. The van der Waals surface area contributed by atoms with Gasteiger partial charge in [0.1, 0.15) is 0 Å². The molecule has 0 bridgehead atoms. The van der Waals surface area contributed by atoms with Gasteiger partial charge in [-0.2, -0.15) is 10.2 Å². The van der Waals surface area contributed by atoms with E-state index in [1.165, 1.54) is 0 Å². The SMILES string of the molecule is [C-]#[N+]c1c(-c2c(-c3ccc4c(=O)[nH]nc(CC)c4c3)cnn2C)ccc2ccccc12. The molecule has 150 valence electrons. The highest BCUT2D eigenvalue weighted by molar-refractivity contribution is 6.04. The molecule has 0 saturated heterocycles. The van der Waals surface area contributed by atoms with Crippen LogP contribution >= 0.6 is 0 Å². The Kier molecular flexibility index (Phi) is 4.37. The van der Waals surface area contributed by atoms with Crippen LogP contribution in [0.1, 0.15) is 12.6 Å². The topological polar surface area (TPSA) is 67.9 Å². The fraction of sp³-hybridized carbons (Fsp3) is 0.120. The number of aryl methyl sites for hydroxylation is 2. The fourth-order valence-electron chi connectivity index (χ4n) is 4.19. The summed E-state index contributed by atoms with van der Waals surface area (Å²) >= 11 is 0. The van der Waals surface area contributed by atoms with Gasteiger partial charge in [0.2, 0.25) is 5.69 Å². The zero-order valence-corrected chi connectivity index (χ0v) is 17.2. The summed E-state index contributed by atoms with van der Waals surface area (Å²) in [7, 11) is 1.88. The average Bonchev–Trinajstić information content (AvgIpc) is 3.19. The van der Waals surface area contributed by atoms with E-state index in [0.29, 0.717) is 17.5 Å². The summed E-state index contributed by atoms with van der Waals surface area (Å²) < 4.78 is 1.80. The Morgan fingerprint density at radius 3 is 2.68 bits per heavy atom. The third-order valence-electron chi connectivity index (χ3n) is 5.72. The number of H-pyrrole nitrogens is 1. The molecule has 0 atom stereocenters. The molecule has 0 amide bonds. The zero-order valence-electron chi connectivity index (χ0n) is 17.2. The molecule has 0 aliphatic carbocycles. The molecule has 0 spiro atoms. The van der Waals surface area contributed by atoms with Gasteiger partial charge >= 0.3 is 0 Å². The van der Waals surface area contributed by atoms with Gasteiger partial charge in [-0.3, -0.25) is 9.48 Å². The van der Waals surface area contributed by atoms with Crippen molar-refractivity contribution in [1.29, 1.82) is 0 Å². The van der Waals surface area contributed by atoms with Crippen LogP contribution in [0, 0.1) is 6.57 Å². The summed E-state index contributed by atoms with van der Waals surface area (Å²) in [4.78, 5) is 16.1. The number of aromatic nitrogens is 4. The monoisotopic (exact) mass is 405 g/mol. The second-order valence-electron chi connectivity index (χ2n) is 7.44. The van der Waals surface area contributed by atoms with Crippen molar-refractivity contribution in [2.75, 3.05) is 0 Å². The van der Waals surface area contributed by atoms with Crippen molar-refractivity contribution in [2.24, 2.45) is 7.05 Å². The van der Waals surface area contributed by atoms with E-state index in [1.807, 2.05) is 74.8 Å². The van der Waals surface area contributed by atoms with Gasteiger partial charge in [-0.25, -0.2) is 9.94 Å². The lowest BCUT2D eigenvalue weighted by molar-refractivity contribution is 0.776. The first kappa shape index (κ1) is 18.8. The molecule has 1 N–H and O–H groups in total. The van der Waals surface area contributed by atoms with Gasteiger partial charge in [0.05, 0.1) is 29.5 Å². The number of nitrogens with zero attached hydrogens (tertiary/aromatic N) is 4. The molecule has 0 unspecified atom stereocenters. The van der Waals surface area contributed by atoms with Gasteiger partial charge in [0, 0.05) is 23.6 Å². The van der Waals surface area contributed by atoms with E-state index in [0.717, 1.165) is 44.2 Å². The normalized spacial score (nSPS) is 11.1. The molecule has 0 radical (unpaired) electrons. The van der Waals surface area contributed by atoms with Crippen LogP contribution in [0.3, 0.4) is 0 Å². The van der Waals surface area contributed by atoms with Gasteiger partial charge < -0.3 is 0 Å². The highest BCUT2D eigenvalue weighted by Crippen LogP contribution is 2.41. The second-order valence-corrected chi connectivity index (χ2v) is 7.44. The number of hydrogen-bond donors (Lipinski definition) is 1. The van der Waals surface area contributed by atoms with E-state index in [4.69, 9.17) is 6.57 Å². The van der Waals surface area contributed by atoms with Crippen LogP contribution in [-0.2, 0) is 13.5 Å². The summed E-state index contributed by atoms with van der Waals surface area (Å²) in [6.07, 6.45) is 2.52. The molecule has 6 heteroatoms. The number of benzene rings is 3. The first-order valence-corrected chi connectivity index (χ1v) is 10.1. The molecule has 5 rings (SSSR count). The summed E-state index contributed by atoms with van der Waals surface area (Å²) in [6, 6.07) is 17.7. The third kappa shape index (κ3) is 2.90. The smallest absolute Gasteiger partial charge is 0.269 e. The van der Waals surface area contributed by atoms with E-state index in [-0.39, 0.29) is 5.56 Å². The molecule has 6 nitrogen and oxygen atoms in total. The van der Waals surface area contributed by atoms with E-state index >= 15 is 0 Å². The molecule has 2 heterocycles. The van der Waals surface area contributed by atoms with Crippen molar-refractivity contribution >= 4 is 27.2 Å². The van der Waals surface area contributed by atoms with Crippen LogP contribution in [0.15, 0.2) is 65.6 Å². The van der Waals surface area contributed by atoms with Crippen LogP contribution in [-0.4, -0.2) is 20.0 Å². The number of fused-ring (bicyclic) bond motifs is 2. The van der Waals surface area contributed by atoms with Gasteiger partial charge in [-0.15, -0.1) is 0 Å². The van der Waals surface area contributed by atoms with E-state index in [9.17, 15) is 4.79 Å². The molecule has 31 heavy (non-hydrogen) atoms. The first-order chi connectivity index (χ1) is 15.1. The van der Waals surface area contributed by atoms with E-state index in [1.54, 1.807) is 4.68 Å². The maximum absolute atomic E-state index is 12.2. The van der Waals surface area contributed by atoms with Gasteiger partial charge in [0.25, 0.3) is 5.56 Å². The largest absolute Gasteiger partial charge is 0.272 e. The molecule has 3 aromatic carbocycles. The van der Waals surface area contributed by atoms with Crippen LogP contribution in [0.2, 0.25) is 0 Å². The zero-order chi connectivity index (χ0) is 21.5. The van der Waals surface area contributed by atoms with E-state index < -0.39 is 0 Å². The molecule has 0 aliphatic rings. The number of nitrogens with one attached hydrogen (secondary N) is 1. The minimum atomic E-state index is -0.199. The minimum Gasteiger partial charge on any atom is -0.269 e. The van der Waals surface area contributed by atoms with Crippen molar-refractivity contribution in [1.82, 2.24) is 20.0 Å². The summed E-state index contributed by atoms with van der Waals surface area (Å²) in [5, 5.41) is 14.7. The summed E-state index contributed by atoms with van der Waals surface area (Å²) in [5.74, 6) is 0. The van der Waals surface area contributed by atoms with Crippen molar-refractivity contribution in [3.8, 4) is 22.4 Å². The predicted octanol–water partition coefficient (Wildman–Crippen LogP) is 5.26. The molecular formula is C25H19N5O. The Morgan fingerprint density at radius 1 is 1.03 bits per heavy atom. The molecule has 2 aromatic heterocycles. The lowest BCUT2D eigenvalue weighted by atomic mass is 9.95. The third-order valence-corrected chi connectivity index (χ3v) is 5.72. The van der Waals surface area contributed by atoms with Gasteiger partial charge in [-0.05, 0) is 34.9 Å². The maximum Gasteiger partial charge on any atom is 0.272 e. The first-order valence-electron chi connectivity index (χ1n) is 10.1. The van der Waals surface area contributed by atoms with Crippen LogP contribution < -0.4 is 5.56 Å². The van der Waals surface area contributed by atoms with Crippen molar-refractivity contribution in [3.05, 3.63) is 88.3 Å². The molecule has 5 aromatic rings. The quantitative estimate of drug-likeness (QED) is 0.417. The Hall–Kier alpha value is -4.24. The molecule has 0 aliphatic heterocycles. The Labute approximate surface area is 178 Å². The lowest BCUT2D eigenvalue weighted by Crippen LogP contribution is -2.10.